The molecule has 1 N–H and O–H groups in total. The number of rotatable bonds is 3. The van der Waals surface area contributed by atoms with Crippen molar-refractivity contribution >= 4 is 33.2 Å². The highest BCUT2D eigenvalue weighted by molar-refractivity contribution is 7.92. The number of amides is 1. The first-order chi connectivity index (χ1) is 11.3. The molecule has 1 amide bonds. The van der Waals surface area contributed by atoms with Crippen LogP contribution in [0.4, 0.5) is 5.69 Å². The fraction of sp³-hybridized carbons (Fsp3) is 0.562. The zero-order valence-electron chi connectivity index (χ0n) is 13.5. The standard InChI is InChI=1S/C16H21ClN2O4S/c1-24(21,22)19-9-8-15(16(20)18-12-4-2-3-5-12)23-14-7-6-11(17)10-13(14)19/h6-7,10,12,15H,2-5,8-9H2,1H3,(H,18,20)/t15-/m1/s1. The largest absolute Gasteiger partial charge is 0.478 e. The number of fused-ring (bicyclic) bond motifs is 1. The molecule has 0 saturated heterocycles. The molecule has 132 valence electrons. The summed E-state index contributed by atoms with van der Waals surface area (Å²) in [6.45, 7) is 0.176. The monoisotopic (exact) mass is 372 g/mol. The first-order valence-corrected chi connectivity index (χ1v) is 10.3. The van der Waals surface area contributed by atoms with Crippen molar-refractivity contribution in [3.63, 3.8) is 0 Å². The summed E-state index contributed by atoms with van der Waals surface area (Å²) >= 11 is 6.00. The van der Waals surface area contributed by atoms with Gasteiger partial charge in [-0.3, -0.25) is 9.10 Å². The van der Waals surface area contributed by atoms with Gasteiger partial charge in [-0.25, -0.2) is 8.42 Å². The van der Waals surface area contributed by atoms with Gasteiger partial charge in [-0.1, -0.05) is 24.4 Å². The van der Waals surface area contributed by atoms with E-state index in [2.05, 4.69) is 5.32 Å². The Kier molecular flexibility index (Phi) is 4.92. The molecule has 8 heteroatoms. The van der Waals surface area contributed by atoms with Crippen molar-refractivity contribution in [3.05, 3.63) is 23.2 Å². The van der Waals surface area contributed by atoms with E-state index in [-0.39, 0.29) is 24.9 Å². The van der Waals surface area contributed by atoms with Crippen LogP contribution in [0.25, 0.3) is 0 Å². The van der Waals surface area contributed by atoms with Gasteiger partial charge in [-0.05, 0) is 31.0 Å². The van der Waals surface area contributed by atoms with Gasteiger partial charge < -0.3 is 10.1 Å². The Balaban J connectivity index is 1.84. The van der Waals surface area contributed by atoms with Crippen LogP contribution in [-0.4, -0.2) is 39.3 Å². The number of benzene rings is 1. The molecule has 2 aliphatic rings. The van der Waals surface area contributed by atoms with Gasteiger partial charge in [0.05, 0.1) is 11.9 Å². The van der Waals surface area contributed by atoms with Gasteiger partial charge in [0.25, 0.3) is 5.91 Å². The van der Waals surface area contributed by atoms with Crippen LogP contribution in [0.5, 0.6) is 5.75 Å². The summed E-state index contributed by atoms with van der Waals surface area (Å²) in [6, 6.07) is 4.98. The second-order valence-corrected chi connectivity index (χ2v) is 8.68. The fourth-order valence-corrected chi connectivity index (χ4v) is 4.35. The quantitative estimate of drug-likeness (QED) is 0.883. The van der Waals surface area contributed by atoms with E-state index in [9.17, 15) is 13.2 Å². The van der Waals surface area contributed by atoms with Crippen molar-refractivity contribution in [1.29, 1.82) is 0 Å². The summed E-state index contributed by atoms with van der Waals surface area (Å²) in [5.74, 6) is 0.173. The summed E-state index contributed by atoms with van der Waals surface area (Å²) in [7, 11) is -3.49. The fourth-order valence-electron chi connectivity index (χ4n) is 3.25. The molecule has 1 saturated carbocycles. The average Bonchev–Trinajstić information content (AvgIpc) is 2.91. The minimum absolute atomic E-state index is 0.176. The molecule has 1 atom stereocenters. The lowest BCUT2D eigenvalue weighted by Crippen LogP contribution is -2.43. The third-order valence-electron chi connectivity index (χ3n) is 4.45. The molecule has 1 heterocycles. The average molecular weight is 373 g/mol. The number of nitrogens with zero attached hydrogens (tertiary/aromatic N) is 1. The third kappa shape index (κ3) is 3.78. The van der Waals surface area contributed by atoms with Crippen LogP contribution in [0.2, 0.25) is 5.02 Å². The van der Waals surface area contributed by atoms with E-state index >= 15 is 0 Å². The lowest BCUT2D eigenvalue weighted by Gasteiger charge is -2.21. The molecule has 0 spiro atoms. The molecule has 1 aliphatic carbocycles. The van der Waals surface area contributed by atoms with E-state index in [1.54, 1.807) is 18.2 Å². The Morgan fingerprint density at radius 2 is 2.00 bits per heavy atom. The highest BCUT2D eigenvalue weighted by Gasteiger charge is 2.32. The summed E-state index contributed by atoms with van der Waals surface area (Å²) in [5, 5.41) is 3.43. The number of ether oxygens (including phenoxy) is 1. The van der Waals surface area contributed by atoms with Crippen LogP contribution >= 0.6 is 11.6 Å². The zero-order valence-corrected chi connectivity index (χ0v) is 15.1. The van der Waals surface area contributed by atoms with Crippen LogP contribution in [0.3, 0.4) is 0 Å². The van der Waals surface area contributed by atoms with Crippen LogP contribution in [0, 0.1) is 0 Å². The van der Waals surface area contributed by atoms with Gasteiger partial charge in [-0.15, -0.1) is 0 Å². The minimum atomic E-state index is -3.49. The number of halogens is 1. The Bertz CT molecular complexity index is 732. The van der Waals surface area contributed by atoms with Crippen molar-refractivity contribution in [3.8, 4) is 5.75 Å². The van der Waals surface area contributed by atoms with Crippen molar-refractivity contribution < 1.29 is 17.9 Å². The van der Waals surface area contributed by atoms with Crippen molar-refractivity contribution in [1.82, 2.24) is 5.32 Å². The van der Waals surface area contributed by atoms with Gasteiger partial charge in [0.15, 0.2) is 6.10 Å². The number of carbonyl (C=O) groups excluding carboxylic acids is 1. The number of carbonyl (C=O) groups is 1. The maximum atomic E-state index is 12.5. The van der Waals surface area contributed by atoms with E-state index in [0.717, 1.165) is 31.9 Å². The highest BCUT2D eigenvalue weighted by atomic mass is 35.5. The molecule has 0 radical (unpaired) electrons. The summed E-state index contributed by atoms with van der Waals surface area (Å²) in [5.41, 5.74) is 0.376. The molecule has 0 bridgehead atoms. The molecule has 0 aromatic heterocycles. The van der Waals surface area contributed by atoms with E-state index in [1.807, 2.05) is 0 Å². The predicted octanol–water partition coefficient (Wildman–Crippen LogP) is 2.32. The van der Waals surface area contributed by atoms with Gasteiger partial charge >= 0.3 is 0 Å². The molecule has 1 aliphatic heterocycles. The summed E-state index contributed by atoms with van der Waals surface area (Å²) in [4.78, 5) is 12.5. The molecule has 1 aromatic rings. The smallest absolute Gasteiger partial charge is 0.261 e. The maximum absolute atomic E-state index is 12.5. The topological polar surface area (TPSA) is 75.7 Å². The Morgan fingerprint density at radius 3 is 2.67 bits per heavy atom. The Morgan fingerprint density at radius 1 is 1.29 bits per heavy atom. The van der Waals surface area contributed by atoms with Crippen molar-refractivity contribution in [2.24, 2.45) is 0 Å². The number of sulfonamides is 1. The molecule has 0 unspecified atom stereocenters. The highest BCUT2D eigenvalue weighted by Crippen LogP contribution is 2.36. The molecule has 24 heavy (non-hydrogen) atoms. The molecular weight excluding hydrogens is 352 g/mol. The predicted molar refractivity (Wildman–Crippen MR) is 93.1 cm³/mol. The second kappa shape index (κ2) is 6.80. The lowest BCUT2D eigenvalue weighted by molar-refractivity contribution is -0.128. The second-order valence-electron chi connectivity index (χ2n) is 6.33. The SMILES string of the molecule is CS(=O)(=O)N1CC[C@H](C(=O)NC2CCCC2)Oc2ccc(Cl)cc21. The Hall–Kier alpha value is -1.47. The Labute approximate surface area is 147 Å². The number of hydrogen-bond donors (Lipinski definition) is 1. The summed E-state index contributed by atoms with van der Waals surface area (Å²) < 4.78 is 31.3. The zero-order chi connectivity index (χ0) is 17.3. The molecular formula is C16H21ClN2O4S. The molecule has 1 aromatic carbocycles. The van der Waals surface area contributed by atoms with Crippen LogP contribution in [-0.2, 0) is 14.8 Å². The van der Waals surface area contributed by atoms with Gasteiger partial charge in [0.1, 0.15) is 5.75 Å². The van der Waals surface area contributed by atoms with E-state index in [0.29, 0.717) is 16.5 Å². The van der Waals surface area contributed by atoms with E-state index in [1.165, 1.54) is 4.31 Å². The lowest BCUT2D eigenvalue weighted by atomic mass is 10.2. The number of nitrogens with one attached hydrogen (secondary N) is 1. The normalized spacial score (nSPS) is 21.8. The van der Waals surface area contributed by atoms with Crippen LogP contribution < -0.4 is 14.4 Å². The van der Waals surface area contributed by atoms with Crippen molar-refractivity contribution in [2.75, 3.05) is 17.1 Å². The minimum Gasteiger partial charge on any atom is -0.478 e. The van der Waals surface area contributed by atoms with Crippen LogP contribution in [0.15, 0.2) is 18.2 Å². The third-order valence-corrected chi connectivity index (χ3v) is 5.86. The van der Waals surface area contributed by atoms with E-state index in [4.69, 9.17) is 16.3 Å². The first-order valence-electron chi connectivity index (χ1n) is 8.09. The maximum Gasteiger partial charge on any atom is 0.261 e. The van der Waals surface area contributed by atoms with Gasteiger partial charge in [0, 0.05) is 24.0 Å². The molecule has 6 nitrogen and oxygen atoms in total. The number of hydrogen-bond acceptors (Lipinski definition) is 4. The van der Waals surface area contributed by atoms with Gasteiger partial charge in [0.2, 0.25) is 10.0 Å². The summed E-state index contributed by atoms with van der Waals surface area (Å²) in [6.07, 6.45) is 4.94. The molecule has 1 fully saturated rings. The molecule has 3 rings (SSSR count). The number of anilines is 1. The van der Waals surface area contributed by atoms with Gasteiger partial charge in [-0.2, -0.15) is 0 Å². The first kappa shape index (κ1) is 17.4. The van der Waals surface area contributed by atoms with E-state index < -0.39 is 16.1 Å². The van der Waals surface area contributed by atoms with Crippen LogP contribution in [0.1, 0.15) is 32.1 Å². The van der Waals surface area contributed by atoms with Crippen molar-refractivity contribution in [2.45, 2.75) is 44.2 Å².